The average Bonchev–Trinajstić information content (AvgIpc) is 2.73. The predicted octanol–water partition coefficient (Wildman–Crippen LogP) is 3.38. The lowest BCUT2D eigenvalue weighted by Gasteiger charge is -2.10. The highest BCUT2D eigenvalue weighted by Gasteiger charge is 2.15. The second-order valence-corrected chi connectivity index (χ2v) is 4.73. The van der Waals surface area contributed by atoms with Crippen LogP contribution in [0.15, 0.2) is 22.9 Å². The fourth-order valence-corrected chi connectivity index (χ4v) is 2.39. The smallest absolute Gasteiger partial charge is 0.171 e. The highest BCUT2D eigenvalue weighted by atomic mass is 16.5. The fourth-order valence-electron chi connectivity index (χ4n) is 2.39. The Labute approximate surface area is 108 Å². The van der Waals surface area contributed by atoms with Gasteiger partial charge in [-0.15, -0.1) is 0 Å². The summed E-state index contributed by atoms with van der Waals surface area (Å²) in [5, 5.41) is 7.25. The van der Waals surface area contributed by atoms with Crippen LogP contribution in [-0.2, 0) is 6.54 Å². The van der Waals surface area contributed by atoms with Crippen molar-refractivity contribution in [2.24, 2.45) is 0 Å². The van der Waals surface area contributed by atoms with Crippen LogP contribution in [0.25, 0.3) is 11.3 Å². The second-order valence-electron chi connectivity index (χ2n) is 4.73. The minimum absolute atomic E-state index is 0.794. The number of hydrogen-bond donors (Lipinski definition) is 1. The predicted molar refractivity (Wildman–Crippen MR) is 73.5 cm³/mol. The maximum absolute atomic E-state index is 5.46. The van der Waals surface area contributed by atoms with E-state index in [1.54, 1.807) is 6.20 Å². The zero-order valence-electron chi connectivity index (χ0n) is 11.5. The standard InChI is InChI=1S/C15H20N2O/c1-5-16-8-13-9-17-18-15(13)14-11(3)6-10(2)7-12(14)4/h6-7,9,16H,5,8H2,1-4H3. The zero-order chi connectivity index (χ0) is 13.1. The largest absolute Gasteiger partial charge is 0.356 e. The number of benzene rings is 1. The van der Waals surface area contributed by atoms with E-state index in [-0.39, 0.29) is 0 Å². The number of aromatic nitrogens is 1. The molecule has 0 fully saturated rings. The summed E-state index contributed by atoms with van der Waals surface area (Å²) in [4.78, 5) is 0. The number of hydrogen-bond acceptors (Lipinski definition) is 3. The van der Waals surface area contributed by atoms with Crippen molar-refractivity contribution in [1.82, 2.24) is 10.5 Å². The van der Waals surface area contributed by atoms with Crippen molar-refractivity contribution in [2.75, 3.05) is 6.54 Å². The molecule has 2 aromatic rings. The number of nitrogens with zero attached hydrogens (tertiary/aromatic N) is 1. The van der Waals surface area contributed by atoms with Gasteiger partial charge >= 0.3 is 0 Å². The van der Waals surface area contributed by atoms with Gasteiger partial charge in [0, 0.05) is 17.7 Å². The van der Waals surface area contributed by atoms with Crippen LogP contribution in [0.2, 0.25) is 0 Å². The van der Waals surface area contributed by atoms with E-state index in [0.29, 0.717) is 0 Å². The van der Waals surface area contributed by atoms with Gasteiger partial charge in [-0.25, -0.2) is 0 Å². The van der Waals surface area contributed by atoms with E-state index in [2.05, 4.69) is 50.3 Å². The first kappa shape index (κ1) is 12.8. The molecule has 1 heterocycles. The number of rotatable bonds is 4. The van der Waals surface area contributed by atoms with Crippen LogP contribution >= 0.6 is 0 Å². The summed E-state index contributed by atoms with van der Waals surface area (Å²) in [7, 11) is 0. The normalized spacial score (nSPS) is 10.9. The molecule has 0 saturated heterocycles. The summed E-state index contributed by atoms with van der Waals surface area (Å²) in [5.74, 6) is 0.894. The molecule has 0 spiro atoms. The molecular formula is C15H20N2O. The molecule has 18 heavy (non-hydrogen) atoms. The molecule has 0 amide bonds. The third kappa shape index (κ3) is 2.46. The topological polar surface area (TPSA) is 38.1 Å². The number of aryl methyl sites for hydroxylation is 3. The van der Waals surface area contributed by atoms with E-state index in [4.69, 9.17) is 4.52 Å². The lowest BCUT2D eigenvalue weighted by atomic mass is 9.96. The molecule has 1 aromatic heterocycles. The molecule has 3 heteroatoms. The maximum atomic E-state index is 5.46. The Morgan fingerprint density at radius 2 is 1.83 bits per heavy atom. The summed E-state index contributed by atoms with van der Waals surface area (Å²) < 4.78 is 5.46. The van der Waals surface area contributed by atoms with Crippen molar-refractivity contribution in [3.05, 3.63) is 40.6 Å². The molecule has 0 aliphatic heterocycles. The van der Waals surface area contributed by atoms with Gasteiger partial charge in [-0.2, -0.15) is 0 Å². The van der Waals surface area contributed by atoms with Gasteiger partial charge in [0.15, 0.2) is 5.76 Å². The maximum Gasteiger partial charge on any atom is 0.171 e. The van der Waals surface area contributed by atoms with Crippen LogP contribution < -0.4 is 5.32 Å². The van der Waals surface area contributed by atoms with Crippen molar-refractivity contribution in [1.29, 1.82) is 0 Å². The third-order valence-electron chi connectivity index (χ3n) is 3.11. The van der Waals surface area contributed by atoms with Gasteiger partial charge in [0.1, 0.15) is 0 Å². The molecule has 0 saturated carbocycles. The Kier molecular flexibility index (Phi) is 3.82. The van der Waals surface area contributed by atoms with Crippen molar-refractivity contribution in [3.8, 4) is 11.3 Å². The van der Waals surface area contributed by atoms with Gasteiger partial charge in [-0.3, -0.25) is 0 Å². The molecule has 0 aliphatic rings. The van der Waals surface area contributed by atoms with E-state index >= 15 is 0 Å². The fraction of sp³-hybridized carbons (Fsp3) is 0.400. The van der Waals surface area contributed by atoms with Crippen LogP contribution in [0, 0.1) is 20.8 Å². The molecule has 1 aromatic carbocycles. The van der Waals surface area contributed by atoms with Gasteiger partial charge in [-0.1, -0.05) is 29.8 Å². The Bertz CT molecular complexity index is 520. The lowest BCUT2D eigenvalue weighted by molar-refractivity contribution is 0.431. The van der Waals surface area contributed by atoms with Crippen molar-refractivity contribution in [2.45, 2.75) is 34.2 Å². The van der Waals surface area contributed by atoms with E-state index in [1.807, 2.05) is 0 Å². The van der Waals surface area contributed by atoms with Gasteiger partial charge in [0.25, 0.3) is 0 Å². The Balaban J connectivity index is 2.46. The van der Waals surface area contributed by atoms with Crippen LogP contribution in [-0.4, -0.2) is 11.7 Å². The first-order valence-electron chi connectivity index (χ1n) is 6.36. The van der Waals surface area contributed by atoms with Crippen LogP contribution in [0.3, 0.4) is 0 Å². The summed E-state index contributed by atoms with van der Waals surface area (Å²) in [6.45, 7) is 10.2. The van der Waals surface area contributed by atoms with Crippen molar-refractivity contribution in [3.63, 3.8) is 0 Å². The molecule has 0 atom stereocenters. The first-order chi connectivity index (χ1) is 8.63. The minimum Gasteiger partial charge on any atom is -0.356 e. The van der Waals surface area contributed by atoms with Gasteiger partial charge < -0.3 is 9.84 Å². The SMILES string of the molecule is CCNCc1cnoc1-c1c(C)cc(C)cc1C. The summed E-state index contributed by atoms with van der Waals surface area (Å²) in [5.41, 5.74) is 6.04. The lowest BCUT2D eigenvalue weighted by Crippen LogP contribution is -2.11. The molecule has 0 aliphatic carbocycles. The summed E-state index contributed by atoms with van der Waals surface area (Å²) >= 11 is 0. The van der Waals surface area contributed by atoms with Crippen molar-refractivity contribution >= 4 is 0 Å². The molecule has 0 bridgehead atoms. The van der Waals surface area contributed by atoms with Crippen LogP contribution in [0.5, 0.6) is 0 Å². The first-order valence-corrected chi connectivity index (χ1v) is 6.36. The van der Waals surface area contributed by atoms with E-state index in [9.17, 15) is 0 Å². The summed E-state index contributed by atoms with van der Waals surface area (Å²) in [6, 6.07) is 4.36. The van der Waals surface area contributed by atoms with Gasteiger partial charge in [0.05, 0.1) is 6.20 Å². The Morgan fingerprint density at radius 1 is 1.17 bits per heavy atom. The highest BCUT2D eigenvalue weighted by Crippen LogP contribution is 2.30. The molecule has 2 rings (SSSR count). The third-order valence-corrected chi connectivity index (χ3v) is 3.11. The highest BCUT2D eigenvalue weighted by molar-refractivity contribution is 5.69. The molecular weight excluding hydrogens is 224 g/mol. The van der Waals surface area contributed by atoms with Gasteiger partial charge in [0.2, 0.25) is 0 Å². The zero-order valence-corrected chi connectivity index (χ0v) is 11.5. The van der Waals surface area contributed by atoms with E-state index in [0.717, 1.165) is 24.4 Å². The van der Waals surface area contributed by atoms with Crippen molar-refractivity contribution < 1.29 is 4.52 Å². The molecule has 96 valence electrons. The van der Waals surface area contributed by atoms with Crippen LogP contribution in [0.4, 0.5) is 0 Å². The molecule has 1 N–H and O–H groups in total. The van der Waals surface area contributed by atoms with E-state index < -0.39 is 0 Å². The second kappa shape index (κ2) is 5.36. The monoisotopic (exact) mass is 244 g/mol. The quantitative estimate of drug-likeness (QED) is 0.896. The number of nitrogens with one attached hydrogen (secondary N) is 1. The Hall–Kier alpha value is -1.61. The average molecular weight is 244 g/mol. The van der Waals surface area contributed by atoms with Gasteiger partial charge in [-0.05, 0) is 38.4 Å². The minimum atomic E-state index is 0.794. The van der Waals surface area contributed by atoms with Crippen LogP contribution in [0.1, 0.15) is 29.2 Å². The molecule has 0 radical (unpaired) electrons. The summed E-state index contributed by atoms with van der Waals surface area (Å²) in [6.07, 6.45) is 1.80. The Morgan fingerprint density at radius 3 is 2.44 bits per heavy atom. The molecule has 3 nitrogen and oxygen atoms in total. The molecule has 0 unspecified atom stereocenters. The van der Waals surface area contributed by atoms with E-state index in [1.165, 1.54) is 22.3 Å².